The number of hydrogen-bond acceptors (Lipinski definition) is 3. The molecule has 0 spiro atoms. The average Bonchev–Trinajstić information content (AvgIpc) is 2.48. The third-order valence-electron chi connectivity index (χ3n) is 2.84. The fourth-order valence-corrected chi connectivity index (χ4v) is 2.12. The Balaban J connectivity index is 1.99. The van der Waals surface area contributed by atoms with Crippen molar-refractivity contribution in [3.8, 4) is 11.8 Å². The van der Waals surface area contributed by atoms with Crippen molar-refractivity contribution in [2.24, 2.45) is 0 Å². The number of carbonyl (C=O) groups is 1. The molecule has 2 aromatic rings. The lowest BCUT2D eigenvalue weighted by atomic mass is 10.2. The van der Waals surface area contributed by atoms with Crippen molar-refractivity contribution in [3.05, 3.63) is 58.1 Å². The van der Waals surface area contributed by atoms with Gasteiger partial charge < -0.3 is 10.1 Å². The van der Waals surface area contributed by atoms with E-state index >= 15 is 0 Å². The molecule has 0 heterocycles. The van der Waals surface area contributed by atoms with Crippen molar-refractivity contribution in [1.29, 1.82) is 5.26 Å². The normalized spacial score (nSPS) is 9.76. The highest BCUT2D eigenvalue weighted by molar-refractivity contribution is 9.10. The number of benzene rings is 2. The van der Waals surface area contributed by atoms with Gasteiger partial charge in [0.2, 0.25) is 0 Å². The number of rotatable bonds is 4. The number of aryl methyl sites for hydroxylation is 1. The summed E-state index contributed by atoms with van der Waals surface area (Å²) in [4.78, 5) is 11.9. The topological polar surface area (TPSA) is 62.1 Å². The van der Waals surface area contributed by atoms with Gasteiger partial charge in [0, 0.05) is 10.2 Å². The highest BCUT2D eigenvalue weighted by Gasteiger charge is 2.08. The molecule has 0 aromatic heterocycles. The predicted octanol–water partition coefficient (Wildman–Crippen LogP) is 3.65. The van der Waals surface area contributed by atoms with Crippen LogP contribution in [0.2, 0.25) is 0 Å². The number of para-hydroxylation sites is 1. The molecule has 0 aliphatic rings. The predicted molar refractivity (Wildman–Crippen MR) is 84.2 cm³/mol. The first-order valence-electron chi connectivity index (χ1n) is 6.28. The number of nitriles is 1. The maximum atomic E-state index is 11.9. The van der Waals surface area contributed by atoms with Crippen LogP contribution in [0.1, 0.15) is 11.1 Å². The Hall–Kier alpha value is -2.32. The molecule has 2 rings (SSSR count). The third kappa shape index (κ3) is 4.07. The summed E-state index contributed by atoms with van der Waals surface area (Å²) in [5.41, 5.74) is 2.11. The van der Waals surface area contributed by atoms with Crippen LogP contribution in [0.15, 0.2) is 46.9 Å². The quantitative estimate of drug-likeness (QED) is 0.920. The van der Waals surface area contributed by atoms with E-state index in [9.17, 15) is 4.79 Å². The second kappa shape index (κ2) is 6.91. The van der Waals surface area contributed by atoms with E-state index in [1.54, 1.807) is 18.2 Å². The van der Waals surface area contributed by atoms with Crippen molar-refractivity contribution >= 4 is 27.5 Å². The van der Waals surface area contributed by atoms with Crippen LogP contribution in [-0.2, 0) is 4.79 Å². The maximum absolute atomic E-state index is 11.9. The average molecular weight is 345 g/mol. The van der Waals surface area contributed by atoms with E-state index in [2.05, 4.69) is 21.2 Å². The molecule has 0 radical (unpaired) electrons. The Kier molecular flexibility index (Phi) is 4.96. The molecule has 4 nitrogen and oxygen atoms in total. The number of nitrogens with zero attached hydrogens (tertiary/aromatic N) is 1. The van der Waals surface area contributed by atoms with Crippen LogP contribution in [0.5, 0.6) is 5.75 Å². The summed E-state index contributed by atoms with van der Waals surface area (Å²) in [7, 11) is 0. The third-order valence-corrected chi connectivity index (χ3v) is 3.33. The minimum atomic E-state index is -0.267. The molecular weight excluding hydrogens is 332 g/mol. The molecule has 1 N–H and O–H groups in total. The summed E-state index contributed by atoms with van der Waals surface area (Å²) in [6.07, 6.45) is 0. The number of anilines is 1. The number of amides is 1. The lowest BCUT2D eigenvalue weighted by Gasteiger charge is -2.10. The first-order valence-corrected chi connectivity index (χ1v) is 7.07. The Bertz CT molecular complexity index is 708. The zero-order valence-electron chi connectivity index (χ0n) is 11.4. The number of ether oxygens (including phenoxy) is 1. The first kappa shape index (κ1) is 15.1. The van der Waals surface area contributed by atoms with Gasteiger partial charge >= 0.3 is 0 Å². The Morgan fingerprint density at radius 3 is 2.81 bits per heavy atom. The molecule has 1 amide bonds. The van der Waals surface area contributed by atoms with E-state index in [0.717, 1.165) is 15.7 Å². The number of hydrogen-bond donors (Lipinski definition) is 1. The van der Waals surface area contributed by atoms with Gasteiger partial charge in [0.05, 0.1) is 5.56 Å². The minimum Gasteiger partial charge on any atom is -0.482 e. The molecule has 0 saturated heterocycles. The van der Waals surface area contributed by atoms with Crippen molar-refractivity contribution in [2.75, 3.05) is 11.9 Å². The number of nitrogens with one attached hydrogen (secondary N) is 1. The second-order valence-corrected chi connectivity index (χ2v) is 5.32. The molecule has 5 heteroatoms. The molecule has 2 aromatic carbocycles. The van der Waals surface area contributed by atoms with Gasteiger partial charge in [-0.15, -0.1) is 0 Å². The van der Waals surface area contributed by atoms with Gasteiger partial charge in [0.1, 0.15) is 11.8 Å². The summed E-state index contributed by atoms with van der Waals surface area (Å²) in [5, 5.41) is 11.8. The van der Waals surface area contributed by atoms with Gasteiger partial charge in [-0.3, -0.25) is 4.79 Å². The van der Waals surface area contributed by atoms with Gasteiger partial charge in [-0.2, -0.15) is 5.26 Å². The van der Waals surface area contributed by atoms with Gasteiger partial charge in [0.25, 0.3) is 5.91 Å². The Labute approximate surface area is 131 Å². The smallest absolute Gasteiger partial charge is 0.262 e. The van der Waals surface area contributed by atoms with Crippen molar-refractivity contribution < 1.29 is 9.53 Å². The van der Waals surface area contributed by atoms with Crippen molar-refractivity contribution in [2.45, 2.75) is 6.92 Å². The fraction of sp³-hybridized carbons (Fsp3) is 0.125. The van der Waals surface area contributed by atoms with E-state index in [-0.39, 0.29) is 12.5 Å². The molecule has 0 atom stereocenters. The van der Waals surface area contributed by atoms with E-state index in [4.69, 9.17) is 10.00 Å². The van der Waals surface area contributed by atoms with E-state index in [1.807, 2.05) is 37.3 Å². The molecular formula is C16H13BrN2O2. The first-order chi connectivity index (χ1) is 10.1. The monoisotopic (exact) mass is 344 g/mol. The van der Waals surface area contributed by atoms with Gasteiger partial charge in [-0.1, -0.05) is 34.1 Å². The molecule has 0 bridgehead atoms. The Morgan fingerprint density at radius 1 is 1.33 bits per heavy atom. The summed E-state index contributed by atoms with van der Waals surface area (Å²) in [6.45, 7) is 1.77. The fourth-order valence-electron chi connectivity index (χ4n) is 1.76. The largest absolute Gasteiger partial charge is 0.482 e. The van der Waals surface area contributed by atoms with Crippen LogP contribution < -0.4 is 10.1 Å². The van der Waals surface area contributed by atoms with Crippen LogP contribution in [0.25, 0.3) is 0 Å². The lowest BCUT2D eigenvalue weighted by Crippen LogP contribution is -2.20. The molecule has 106 valence electrons. The van der Waals surface area contributed by atoms with Crippen LogP contribution >= 0.6 is 15.9 Å². The SMILES string of the molecule is Cc1ccccc1NC(=O)COc1ccc(Br)cc1C#N. The molecule has 21 heavy (non-hydrogen) atoms. The lowest BCUT2D eigenvalue weighted by molar-refractivity contribution is -0.118. The summed E-state index contributed by atoms with van der Waals surface area (Å²) < 4.78 is 6.19. The standard InChI is InChI=1S/C16H13BrN2O2/c1-11-4-2-3-5-14(11)19-16(20)10-21-15-7-6-13(17)8-12(15)9-18/h2-8H,10H2,1H3,(H,19,20). The second-order valence-electron chi connectivity index (χ2n) is 4.40. The van der Waals surface area contributed by atoms with Gasteiger partial charge in [-0.05, 0) is 36.8 Å². The zero-order valence-corrected chi connectivity index (χ0v) is 13.0. The molecule has 0 fully saturated rings. The number of carbonyl (C=O) groups excluding carboxylic acids is 1. The molecule has 0 aliphatic carbocycles. The van der Waals surface area contributed by atoms with Crippen LogP contribution in [0, 0.1) is 18.3 Å². The van der Waals surface area contributed by atoms with Gasteiger partial charge in [-0.25, -0.2) is 0 Å². The van der Waals surface area contributed by atoms with Crippen LogP contribution in [0.3, 0.4) is 0 Å². The molecule has 0 aliphatic heterocycles. The van der Waals surface area contributed by atoms with Crippen LogP contribution in [-0.4, -0.2) is 12.5 Å². The summed E-state index contributed by atoms with van der Waals surface area (Å²) in [5.74, 6) is 0.122. The van der Waals surface area contributed by atoms with Crippen molar-refractivity contribution in [3.63, 3.8) is 0 Å². The van der Waals surface area contributed by atoms with Gasteiger partial charge in [0.15, 0.2) is 6.61 Å². The Morgan fingerprint density at radius 2 is 2.10 bits per heavy atom. The van der Waals surface area contributed by atoms with E-state index < -0.39 is 0 Å². The summed E-state index contributed by atoms with van der Waals surface area (Å²) >= 11 is 3.28. The summed E-state index contributed by atoms with van der Waals surface area (Å²) in [6, 6.07) is 14.6. The highest BCUT2D eigenvalue weighted by atomic mass is 79.9. The van der Waals surface area contributed by atoms with Crippen LogP contribution in [0.4, 0.5) is 5.69 Å². The maximum Gasteiger partial charge on any atom is 0.262 e. The number of halogens is 1. The molecule has 0 unspecified atom stereocenters. The van der Waals surface area contributed by atoms with E-state index in [0.29, 0.717) is 11.3 Å². The zero-order chi connectivity index (χ0) is 15.2. The van der Waals surface area contributed by atoms with E-state index in [1.165, 1.54) is 0 Å². The molecule has 0 saturated carbocycles. The van der Waals surface area contributed by atoms with Crippen molar-refractivity contribution in [1.82, 2.24) is 0 Å². The minimum absolute atomic E-state index is 0.148. The highest BCUT2D eigenvalue weighted by Crippen LogP contribution is 2.22.